The average molecular weight is 281 g/mol. The second-order valence-electron chi connectivity index (χ2n) is 4.86. The molecule has 1 atom stereocenters. The van der Waals surface area contributed by atoms with Crippen molar-refractivity contribution in [3.63, 3.8) is 0 Å². The SMILES string of the molecule is CCN(C1CC1)S(=O)(=O)N1CCCCC1CCl. The molecule has 0 bridgehead atoms. The van der Waals surface area contributed by atoms with Crippen molar-refractivity contribution >= 4 is 21.8 Å². The van der Waals surface area contributed by atoms with Crippen LogP contribution in [0, 0.1) is 0 Å². The molecule has 4 nitrogen and oxygen atoms in total. The summed E-state index contributed by atoms with van der Waals surface area (Å²) < 4.78 is 28.4. The minimum absolute atomic E-state index is 0.0109. The molecule has 0 spiro atoms. The molecule has 0 amide bonds. The fourth-order valence-electron chi connectivity index (χ4n) is 2.54. The van der Waals surface area contributed by atoms with E-state index in [2.05, 4.69) is 0 Å². The molecule has 1 saturated carbocycles. The fourth-order valence-corrected chi connectivity index (χ4v) is 5.04. The van der Waals surface area contributed by atoms with Crippen LogP contribution in [0.4, 0.5) is 0 Å². The molecular formula is C11H21ClN2O2S. The molecule has 0 aromatic rings. The molecule has 100 valence electrons. The van der Waals surface area contributed by atoms with Gasteiger partial charge in [-0.2, -0.15) is 17.0 Å². The molecular weight excluding hydrogens is 260 g/mol. The van der Waals surface area contributed by atoms with Gasteiger partial charge in [0.2, 0.25) is 0 Å². The van der Waals surface area contributed by atoms with E-state index in [1.54, 1.807) is 8.61 Å². The van der Waals surface area contributed by atoms with Crippen molar-refractivity contribution in [1.82, 2.24) is 8.61 Å². The van der Waals surface area contributed by atoms with Crippen molar-refractivity contribution in [2.24, 2.45) is 0 Å². The molecule has 0 radical (unpaired) electrons. The zero-order valence-corrected chi connectivity index (χ0v) is 11.9. The zero-order chi connectivity index (χ0) is 12.5. The molecule has 1 saturated heterocycles. The second kappa shape index (κ2) is 5.43. The van der Waals surface area contributed by atoms with E-state index in [0.29, 0.717) is 19.0 Å². The van der Waals surface area contributed by atoms with Crippen LogP contribution in [0.25, 0.3) is 0 Å². The first-order chi connectivity index (χ1) is 8.11. The molecule has 1 unspecified atom stereocenters. The third-order valence-corrected chi connectivity index (χ3v) is 6.19. The topological polar surface area (TPSA) is 40.6 Å². The lowest BCUT2D eigenvalue weighted by Gasteiger charge is -2.37. The number of nitrogens with zero attached hydrogens (tertiary/aromatic N) is 2. The van der Waals surface area contributed by atoms with Crippen molar-refractivity contribution in [3.8, 4) is 0 Å². The lowest BCUT2D eigenvalue weighted by molar-refractivity contribution is 0.246. The maximum Gasteiger partial charge on any atom is 0.282 e. The third kappa shape index (κ3) is 2.78. The molecule has 2 aliphatic rings. The molecule has 17 heavy (non-hydrogen) atoms. The van der Waals surface area contributed by atoms with Gasteiger partial charge in [0.05, 0.1) is 0 Å². The Morgan fingerprint density at radius 1 is 1.29 bits per heavy atom. The standard InChI is InChI=1S/C11H21ClN2O2S/c1-2-13(10-6-7-10)17(15,16)14-8-4-3-5-11(14)9-12/h10-11H,2-9H2,1H3. The Hall–Kier alpha value is 0.160. The van der Waals surface area contributed by atoms with E-state index in [-0.39, 0.29) is 12.1 Å². The predicted octanol–water partition coefficient (Wildman–Crippen LogP) is 1.81. The summed E-state index contributed by atoms with van der Waals surface area (Å²) in [6.45, 7) is 3.11. The maximum absolute atomic E-state index is 12.6. The monoisotopic (exact) mass is 280 g/mol. The van der Waals surface area contributed by atoms with E-state index in [0.717, 1.165) is 32.1 Å². The van der Waals surface area contributed by atoms with Gasteiger partial charge in [-0.15, -0.1) is 11.6 Å². The Bertz CT molecular complexity index is 356. The van der Waals surface area contributed by atoms with Crippen LogP contribution in [0.1, 0.15) is 39.0 Å². The lowest BCUT2D eigenvalue weighted by Crippen LogP contribution is -2.51. The molecule has 2 rings (SSSR count). The zero-order valence-electron chi connectivity index (χ0n) is 10.3. The fraction of sp³-hybridized carbons (Fsp3) is 1.00. The molecule has 1 aliphatic carbocycles. The third-order valence-electron chi connectivity index (χ3n) is 3.61. The highest BCUT2D eigenvalue weighted by molar-refractivity contribution is 7.86. The van der Waals surface area contributed by atoms with Crippen LogP contribution in [-0.4, -0.2) is 48.1 Å². The Morgan fingerprint density at radius 2 is 2.00 bits per heavy atom. The number of hydrogen-bond acceptors (Lipinski definition) is 2. The highest BCUT2D eigenvalue weighted by Crippen LogP contribution is 2.32. The van der Waals surface area contributed by atoms with E-state index < -0.39 is 10.2 Å². The summed E-state index contributed by atoms with van der Waals surface area (Å²) in [6.07, 6.45) is 4.94. The van der Waals surface area contributed by atoms with E-state index in [1.165, 1.54) is 0 Å². The van der Waals surface area contributed by atoms with Gasteiger partial charge in [-0.25, -0.2) is 0 Å². The average Bonchev–Trinajstić information content (AvgIpc) is 3.14. The summed E-state index contributed by atoms with van der Waals surface area (Å²) in [7, 11) is -3.29. The first-order valence-electron chi connectivity index (χ1n) is 6.45. The van der Waals surface area contributed by atoms with Crippen molar-refractivity contribution in [2.45, 2.75) is 51.1 Å². The number of alkyl halides is 1. The Kier molecular flexibility index (Phi) is 4.34. The molecule has 1 aliphatic heterocycles. The minimum Gasteiger partial charge on any atom is -0.195 e. The van der Waals surface area contributed by atoms with Gasteiger partial charge >= 0.3 is 0 Å². The van der Waals surface area contributed by atoms with E-state index in [4.69, 9.17) is 11.6 Å². The maximum atomic E-state index is 12.6. The van der Waals surface area contributed by atoms with Crippen molar-refractivity contribution in [2.75, 3.05) is 19.0 Å². The van der Waals surface area contributed by atoms with Gasteiger partial charge in [-0.05, 0) is 25.7 Å². The molecule has 1 heterocycles. The number of piperidine rings is 1. The van der Waals surface area contributed by atoms with Crippen molar-refractivity contribution in [3.05, 3.63) is 0 Å². The molecule has 0 aromatic heterocycles. The van der Waals surface area contributed by atoms with Crippen LogP contribution in [0.2, 0.25) is 0 Å². The van der Waals surface area contributed by atoms with Crippen molar-refractivity contribution < 1.29 is 8.42 Å². The largest absolute Gasteiger partial charge is 0.282 e. The van der Waals surface area contributed by atoms with Gasteiger partial charge in [0.25, 0.3) is 10.2 Å². The van der Waals surface area contributed by atoms with Crippen molar-refractivity contribution in [1.29, 1.82) is 0 Å². The van der Waals surface area contributed by atoms with Crippen LogP contribution >= 0.6 is 11.6 Å². The Labute approximate surface area is 109 Å². The van der Waals surface area contributed by atoms with Crippen LogP contribution < -0.4 is 0 Å². The molecule has 6 heteroatoms. The highest BCUT2D eigenvalue weighted by Gasteiger charge is 2.42. The van der Waals surface area contributed by atoms with Crippen LogP contribution in [0.15, 0.2) is 0 Å². The van der Waals surface area contributed by atoms with Crippen LogP contribution in [0.5, 0.6) is 0 Å². The first-order valence-corrected chi connectivity index (χ1v) is 8.39. The smallest absolute Gasteiger partial charge is 0.195 e. The van der Waals surface area contributed by atoms with Gasteiger partial charge in [0, 0.05) is 31.1 Å². The predicted molar refractivity (Wildman–Crippen MR) is 69.4 cm³/mol. The summed E-state index contributed by atoms with van der Waals surface area (Å²) in [5.74, 6) is 0.404. The number of hydrogen-bond donors (Lipinski definition) is 0. The number of halogens is 1. The molecule has 0 aromatic carbocycles. The summed E-state index contributed by atoms with van der Waals surface area (Å²) in [5, 5.41) is 0. The summed E-state index contributed by atoms with van der Waals surface area (Å²) in [6, 6.07) is 0.228. The Balaban J connectivity index is 2.16. The first kappa shape index (κ1) is 13.6. The molecule has 2 fully saturated rings. The van der Waals surface area contributed by atoms with Gasteiger partial charge in [0.1, 0.15) is 0 Å². The number of rotatable bonds is 5. The second-order valence-corrected chi connectivity index (χ2v) is 7.00. The highest BCUT2D eigenvalue weighted by atomic mass is 35.5. The normalized spacial score (nSPS) is 27.6. The van der Waals surface area contributed by atoms with E-state index in [1.807, 2.05) is 6.92 Å². The quantitative estimate of drug-likeness (QED) is 0.721. The molecule has 0 N–H and O–H groups in total. The minimum atomic E-state index is -3.29. The summed E-state index contributed by atoms with van der Waals surface area (Å²) in [4.78, 5) is 0. The van der Waals surface area contributed by atoms with Gasteiger partial charge in [-0.3, -0.25) is 0 Å². The van der Waals surface area contributed by atoms with Gasteiger partial charge in [-0.1, -0.05) is 13.3 Å². The van der Waals surface area contributed by atoms with Gasteiger partial charge < -0.3 is 0 Å². The summed E-state index contributed by atoms with van der Waals surface area (Å²) >= 11 is 5.90. The van der Waals surface area contributed by atoms with Gasteiger partial charge in [0.15, 0.2) is 0 Å². The van der Waals surface area contributed by atoms with Crippen LogP contribution in [-0.2, 0) is 10.2 Å². The van der Waals surface area contributed by atoms with E-state index >= 15 is 0 Å². The lowest BCUT2D eigenvalue weighted by atomic mass is 10.1. The van der Waals surface area contributed by atoms with Crippen LogP contribution in [0.3, 0.4) is 0 Å². The van der Waals surface area contributed by atoms with E-state index in [9.17, 15) is 8.42 Å². The summed E-state index contributed by atoms with van der Waals surface area (Å²) in [5.41, 5.74) is 0. The Morgan fingerprint density at radius 3 is 2.53 bits per heavy atom.